The molecule has 0 aromatic heterocycles. The summed E-state index contributed by atoms with van der Waals surface area (Å²) in [6.07, 6.45) is 10.3. The molecule has 0 radical (unpaired) electrons. The van der Waals surface area contributed by atoms with Gasteiger partial charge in [-0.15, -0.1) is 0 Å². The first-order valence-electron chi connectivity index (χ1n) is 5.02. The van der Waals surface area contributed by atoms with Crippen LogP contribution in [-0.2, 0) is 0 Å². The summed E-state index contributed by atoms with van der Waals surface area (Å²) in [4.78, 5) is 0. The molecule has 0 amide bonds. The summed E-state index contributed by atoms with van der Waals surface area (Å²) in [6.45, 7) is 3.69. The van der Waals surface area contributed by atoms with Crippen molar-refractivity contribution in [3.05, 3.63) is 12.2 Å². The van der Waals surface area contributed by atoms with Crippen LogP contribution < -0.4 is 0 Å². The van der Waals surface area contributed by atoms with Gasteiger partial charge >= 0.3 is 0 Å². The molecule has 0 aromatic carbocycles. The SMILES string of the molecule is CC=CCCCCCCC(C)F. The van der Waals surface area contributed by atoms with Gasteiger partial charge in [0.1, 0.15) is 0 Å². The minimum absolute atomic E-state index is 0.611. The second kappa shape index (κ2) is 8.76. The van der Waals surface area contributed by atoms with Crippen molar-refractivity contribution < 1.29 is 4.39 Å². The lowest BCUT2D eigenvalue weighted by Gasteiger charge is -2.00. The molecule has 72 valence electrons. The molecule has 12 heavy (non-hydrogen) atoms. The van der Waals surface area contributed by atoms with E-state index < -0.39 is 6.17 Å². The fraction of sp³-hybridized carbons (Fsp3) is 0.818. The predicted molar refractivity (Wildman–Crippen MR) is 53.1 cm³/mol. The molecule has 0 saturated carbocycles. The van der Waals surface area contributed by atoms with Crippen LogP contribution in [0.15, 0.2) is 12.2 Å². The quantitative estimate of drug-likeness (QED) is 0.397. The Labute approximate surface area is 75.9 Å². The van der Waals surface area contributed by atoms with Crippen LogP contribution in [0.25, 0.3) is 0 Å². The number of rotatable bonds is 7. The van der Waals surface area contributed by atoms with Gasteiger partial charge in [-0.05, 0) is 33.1 Å². The lowest BCUT2D eigenvalue weighted by atomic mass is 10.1. The van der Waals surface area contributed by atoms with E-state index in [1.54, 1.807) is 6.92 Å². The summed E-state index contributed by atoms with van der Waals surface area (Å²) >= 11 is 0. The van der Waals surface area contributed by atoms with Crippen molar-refractivity contribution in [2.45, 2.75) is 58.5 Å². The number of alkyl halides is 1. The van der Waals surface area contributed by atoms with Gasteiger partial charge in [0.25, 0.3) is 0 Å². The smallest absolute Gasteiger partial charge is 0.0973 e. The number of unbranched alkanes of at least 4 members (excludes halogenated alkanes) is 4. The van der Waals surface area contributed by atoms with Crippen LogP contribution in [-0.4, -0.2) is 6.17 Å². The molecule has 0 aromatic rings. The summed E-state index contributed by atoms with van der Waals surface area (Å²) in [5.41, 5.74) is 0. The zero-order valence-electron chi connectivity index (χ0n) is 8.35. The van der Waals surface area contributed by atoms with Gasteiger partial charge in [-0.2, -0.15) is 0 Å². The Morgan fingerprint density at radius 2 is 1.83 bits per heavy atom. The van der Waals surface area contributed by atoms with E-state index in [1.807, 2.05) is 6.92 Å². The number of allylic oxidation sites excluding steroid dienone is 2. The van der Waals surface area contributed by atoms with E-state index in [9.17, 15) is 4.39 Å². The summed E-state index contributed by atoms with van der Waals surface area (Å²) in [5.74, 6) is 0. The maximum atomic E-state index is 12.3. The highest BCUT2D eigenvalue weighted by Gasteiger charge is 1.96. The van der Waals surface area contributed by atoms with Crippen LogP contribution in [0, 0.1) is 0 Å². The maximum Gasteiger partial charge on any atom is 0.0973 e. The van der Waals surface area contributed by atoms with Crippen molar-refractivity contribution >= 4 is 0 Å². The Morgan fingerprint density at radius 3 is 2.42 bits per heavy atom. The first-order chi connectivity index (χ1) is 5.77. The molecule has 0 aliphatic rings. The highest BCUT2D eigenvalue weighted by atomic mass is 19.1. The van der Waals surface area contributed by atoms with Gasteiger partial charge in [-0.3, -0.25) is 0 Å². The third-order valence-electron chi connectivity index (χ3n) is 1.96. The normalized spacial score (nSPS) is 13.9. The second-order valence-electron chi connectivity index (χ2n) is 3.34. The zero-order chi connectivity index (χ0) is 9.23. The molecular weight excluding hydrogens is 151 g/mol. The van der Waals surface area contributed by atoms with Gasteiger partial charge in [-0.1, -0.05) is 31.4 Å². The number of hydrogen-bond acceptors (Lipinski definition) is 0. The van der Waals surface area contributed by atoms with Crippen LogP contribution in [0.2, 0.25) is 0 Å². The molecule has 0 bridgehead atoms. The van der Waals surface area contributed by atoms with E-state index in [0.717, 1.165) is 12.8 Å². The van der Waals surface area contributed by atoms with Crippen LogP contribution in [0.3, 0.4) is 0 Å². The third kappa shape index (κ3) is 9.67. The summed E-state index contributed by atoms with van der Waals surface area (Å²) in [5, 5.41) is 0. The van der Waals surface area contributed by atoms with Gasteiger partial charge in [-0.25, -0.2) is 4.39 Å². The molecule has 0 heterocycles. The highest BCUT2D eigenvalue weighted by molar-refractivity contribution is 4.76. The predicted octanol–water partition coefficient (Wildman–Crippen LogP) is 4.26. The second-order valence-corrected chi connectivity index (χ2v) is 3.34. The molecule has 1 atom stereocenters. The van der Waals surface area contributed by atoms with Gasteiger partial charge in [0.15, 0.2) is 0 Å². The van der Waals surface area contributed by atoms with Crippen molar-refractivity contribution in [2.75, 3.05) is 0 Å². The largest absolute Gasteiger partial charge is 0.248 e. The van der Waals surface area contributed by atoms with Crippen LogP contribution in [0.1, 0.15) is 52.4 Å². The Kier molecular flexibility index (Phi) is 8.52. The summed E-state index contributed by atoms with van der Waals surface area (Å²) in [6, 6.07) is 0. The van der Waals surface area contributed by atoms with Crippen molar-refractivity contribution in [2.24, 2.45) is 0 Å². The number of halogens is 1. The molecule has 0 rings (SSSR count). The van der Waals surface area contributed by atoms with E-state index >= 15 is 0 Å². The van der Waals surface area contributed by atoms with Gasteiger partial charge in [0.05, 0.1) is 6.17 Å². The van der Waals surface area contributed by atoms with E-state index in [2.05, 4.69) is 12.2 Å². The topological polar surface area (TPSA) is 0 Å². The van der Waals surface area contributed by atoms with Gasteiger partial charge < -0.3 is 0 Å². The zero-order valence-corrected chi connectivity index (χ0v) is 8.35. The van der Waals surface area contributed by atoms with Crippen molar-refractivity contribution in [3.63, 3.8) is 0 Å². The standard InChI is InChI=1S/C11H21F/c1-3-4-5-6-7-8-9-10-11(2)12/h3-4,11H,5-10H2,1-2H3. The molecular formula is C11H21F. The van der Waals surface area contributed by atoms with Crippen molar-refractivity contribution in [1.82, 2.24) is 0 Å². The van der Waals surface area contributed by atoms with E-state index in [4.69, 9.17) is 0 Å². The average molecular weight is 172 g/mol. The molecule has 0 aliphatic carbocycles. The fourth-order valence-corrected chi connectivity index (χ4v) is 1.21. The maximum absolute atomic E-state index is 12.3. The molecule has 0 saturated heterocycles. The minimum Gasteiger partial charge on any atom is -0.248 e. The van der Waals surface area contributed by atoms with Crippen LogP contribution in [0.4, 0.5) is 4.39 Å². The average Bonchev–Trinajstić information content (AvgIpc) is 2.02. The highest BCUT2D eigenvalue weighted by Crippen LogP contribution is 2.08. The Hall–Kier alpha value is -0.330. The van der Waals surface area contributed by atoms with Crippen molar-refractivity contribution in [3.8, 4) is 0 Å². The van der Waals surface area contributed by atoms with Crippen LogP contribution in [0.5, 0.6) is 0 Å². The molecule has 0 nitrogen and oxygen atoms in total. The minimum atomic E-state index is -0.611. The van der Waals surface area contributed by atoms with E-state index in [1.165, 1.54) is 25.7 Å². The number of hydrogen-bond donors (Lipinski definition) is 0. The Morgan fingerprint density at radius 1 is 1.17 bits per heavy atom. The molecule has 1 heteroatoms. The van der Waals surface area contributed by atoms with Gasteiger partial charge in [0, 0.05) is 0 Å². The lowest BCUT2D eigenvalue weighted by molar-refractivity contribution is 0.330. The molecule has 0 aliphatic heterocycles. The van der Waals surface area contributed by atoms with Crippen molar-refractivity contribution in [1.29, 1.82) is 0 Å². The monoisotopic (exact) mass is 172 g/mol. The summed E-state index contributed by atoms with van der Waals surface area (Å²) < 4.78 is 12.3. The van der Waals surface area contributed by atoms with E-state index in [0.29, 0.717) is 0 Å². The lowest BCUT2D eigenvalue weighted by Crippen LogP contribution is -1.91. The molecule has 1 unspecified atom stereocenters. The first kappa shape index (κ1) is 11.7. The molecule has 0 spiro atoms. The first-order valence-corrected chi connectivity index (χ1v) is 5.02. The molecule has 0 N–H and O–H groups in total. The van der Waals surface area contributed by atoms with Crippen LogP contribution >= 0.6 is 0 Å². The fourth-order valence-electron chi connectivity index (χ4n) is 1.21. The molecule has 0 fully saturated rings. The Bertz CT molecular complexity index is 106. The van der Waals surface area contributed by atoms with Gasteiger partial charge in [0.2, 0.25) is 0 Å². The van der Waals surface area contributed by atoms with E-state index in [-0.39, 0.29) is 0 Å². The summed E-state index contributed by atoms with van der Waals surface area (Å²) in [7, 11) is 0. The third-order valence-corrected chi connectivity index (χ3v) is 1.96. The Balaban J connectivity index is 2.91.